The zero-order valence-corrected chi connectivity index (χ0v) is 15.2. The first-order valence-corrected chi connectivity index (χ1v) is 8.75. The lowest BCUT2D eigenvalue weighted by atomic mass is 10.1. The molecule has 0 saturated carbocycles. The van der Waals surface area contributed by atoms with Gasteiger partial charge in [-0.1, -0.05) is 18.2 Å². The van der Waals surface area contributed by atoms with Gasteiger partial charge in [0.15, 0.2) is 0 Å². The Morgan fingerprint density at radius 3 is 2.46 bits per heavy atom. The summed E-state index contributed by atoms with van der Waals surface area (Å²) in [5.41, 5.74) is 3.39. The van der Waals surface area contributed by atoms with E-state index < -0.39 is 0 Å². The van der Waals surface area contributed by atoms with Crippen LogP contribution >= 0.6 is 0 Å². The average molecular weight is 370 g/mol. The van der Waals surface area contributed by atoms with E-state index in [9.17, 15) is 4.79 Å². The summed E-state index contributed by atoms with van der Waals surface area (Å²) in [4.78, 5) is 17.0. The van der Waals surface area contributed by atoms with Crippen LogP contribution in [0.25, 0.3) is 16.9 Å². The van der Waals surface area contributed by atoms with Crippen molar-refractivity contribution in [2.75, 3.05) is 12.4 Å². The van der Waals surface area contributed by atoms with Gasteiger partial charge in [0.2, 0.25) is 0 Å². The lowest BCUT2D eigenvalue weighted by Gasteiger charge is -2.05. The quantitative estimate of drug-likeness (QED) is 0.572. The highest BCUT2D eigenvalue weighted by molar-refractivity contribution is 6.08. The van der Waals surface area contributed by atoms with E-state index in [0.717, 1.165) is 17.0 Å². The van der Waals surface area contributed by atoms with Crippen LogP contribution in [0.4, 0.5) is 5.69 Å². The van der Waals surface area contributed by atoms with E-state index >= 15 is 0 Å². The Kier molecular flexibility index (Phi) is 4.84. The van der Waals surface area contributed by atoms with E-state index in [1.807, 2.05) is 54.6 Å². The minimum absolute atomic E-state index is 0.249. The number of carbonyl (C=O) groups excluding carboxylic acids is 1. The van der Waals surface area contributed by atoms with Crippen LogP contribution in [0.2, 0.25) is 0 Å². The predicted molar refractivity (Wildman–Crippen MR) is 108 cm³/mol. The molecule has 0 unspecified atom stereocenters. The summed E-state index contributed by atoms with van der Waals surface area (Å²) < 4.78 is 6.93. The topological polar surface area (TPSA) is 69.0 Å². The molecular weight excluding hydrogens is 352 g/mol. The van der Waals surface area contributed by atoms with Crippen LogP contribution in [0.5, 0.6) is 5.75 Å². The van der Waals surface area contributed by atoms with Gasteiger partial charge < -0.3 is 10.1 Å². The number of pyridine rings is 1. The minimum Gasteiger partial charge on any atom is -0.497 e. The zero-order valence-electron chi connectivity index (χ0n) is 15.2. The monoisotopic (exact) mass is 370 g/mol. The van der Waals surface area contributed by atoms with Gasteiger partial charge in [0, 0.05) is 18.0 Å². The molecular formula is C22H18N4O2. The van der Waals surface area contributed by atoms with E-state index in [-0.39, 0.29) is 5.91 Å². The van der Waals surface area contributed by atoms with Crippen LogP contribution in [-0.2, 0) is 0 Å². The molecule has 2 aromatic heterocycles. The maximum Gasteiger partial charge on any atom is 0.259 e. The normalized spacial score (nSPS) is 10.5. The predicted octanol–water partition coefficient (Wildman–Crippen LogP) is 4.20. The van der Waals surface area contributed by atoms with Crippen molar-refractivity contribution in [2.45, 2.75) is 0 Å². The van der Waals surface area contributed by atoms with Gasteiger partial charge in [-0.05, 0) is 48.5 Å². The standard InChI is InChI=1S/C22H18N4O2/c1-28-19-11-9-16(10-12-19)21-20(22(27)24-17-6-5-13-23-14-17)15-26(25-21)18-7-3-2-4-8-18/h2-15H,1H3,(H,24,27). The molecule has 0 saturated heterocycles. The van der Waals surface area contributed by atoms with Gasteiger partial charge in [0.25, 0.3) is 5.91 Å². The van der Waals surface area contributed by atoms with Gasteiger partial charge in [-0.25, -0.2) is 4.68 Å². The minimum atomic E-state index is -0.249. The Labute approximate surface area is 162 Å². The average Bonchev–Trinajstić information content (AvgIpc) is 3.21. The molecule has 0 aliphatic rings. The fourth-order valence-electron chi connectivity index (χ4n) is 2.85. The molecule has 0 aliphatic heterocycles. The number of amides is 1. The largest absolute Gasteiger partial charge is 0.497 e. The van der Waals surface area contributed by atoms with Crippen LogP contribution in [0.3, 0.4) is 0 Å². The summed E-state index contributed by atoms with van der Waals surface area (Å²) in [5.74, 6) is 0.494. The van der Waals surface area contributed by atoms with Gasteiger partial charge in [-0.2, -0.15) is 5.10 Å². The molecule has 0 spiro atoms. The molecule has 1 amide bonds. The Balaban J connectivity index is 1.76. The van der Waals surface area contributed by atoms with Gasteiger partial charge in [-0.3, -0.25) is 9.78 Å². The fourth-order valence-corrected chi connectivity index (χ4v) is 2.85. The number of anilines is 1. The number of ether oxygens (including phenoxy) is 1. The highest BCUT2D eigenvalue weighted by Gasteiger charge is 2.19. The molecule has 0 fully saturated rings. The Morgan fingerprint density at radius 1 is 1.00 bits per heavy atom. The Bertz CT molecular complexity index is 1070. The molecule has 0 atom stereocenters. The van der Waals surface area contributed by atoms with Crippen molar-refractivity contribution in [1.82, 2.24) is 14.8 Å². The van der Waals surface area contributed by atoms with E-state index in [1.165, 1.54) is 0 Å². The van der Waals surface area contributed by atoms with Crippen molar-refractivity contribution in [3.63, 3.8) is 0 Å². The van der Waals surface area contributed by atoms with Gasteiger partial charge >= 0.3 is 0 Å². The molecule has 0 aliphatic carbocycles. The van der Waals surface area contributed by atoms with E-state index in [1.54, 1.807) is 42.5 Å². The van der Waals surface area contributed by atoms with Crippen molar-refractivity contribution in [3.8, 4) is 22.7 Å². The highest BCUT2D eigenvalue weighted by atomic mass is 16.5. The number of nitrogens with one attached hydrogen (secondary N) is 1. The van der Waals surface area contributed by atoms with Crippen molar-refractivity contribution in [1.29, 1.82) is 0 Å². The molecule has 6 heteroatoms. The molecule has 4 aromatic rings. The number of hydrogen-bond acceptors (Lipinski definition) is 4. The van der Waals surface area contributed by atoms with Gasteiger partial charge in [0.05, 0.1) is 30.2 Å². The third-order valence-corrected chi connectivity index (χ3v) is 4.26. The smallest absolute Gasteiger partial charge is 0.259 e. The first-order chi connectivity index (χ1) is 13.7. The maximum atomic E-state index is 13.0. The van der Waals surface area contributed by atoms with Crippen LogP contribution in [-0.4, -0.2) is 27.8 Å². The summed E-state index contributed by atoms with van der Waals surface area (Å²) in [6.07, 6.45) is 5.00. The van der Waals surface area contributed by atoms with Crippen molar-refractivity contribution in [2.24, 2.45) is 0 Å². The first kappa shape index (κ1) is 17.5. The summed E-state index contributed by atoms with van der Waals surface area (Å²) in [6.45, 7) is 0. The van der Waals surface area contributed by atoms with Crippen LogP contribution < -0.4 is 10.1 Å². The number of carbonyl (C=O) groups is 1. The van der Waals surface area contributed by atoms with Crippen LogP contribution in [0, 0.1) is 0 Å². The van der Waals surface area contributed by atoms with Crippen molar-refractivity contribution >= 4 is 11.6 Å². The zero-order chi connectivity index (χ0) is 19.3. The summed E-state index contributed by atoms with van der Waals surface area (Å²) in [6, 6.07) is 20.7. The molecule has 2 aromatic carbocycles. The lowest BCUT2D eigenvalue weighted by Crippen LogP contribution is -2.12. The first-order valence-electron chi connectivity index (χ1n) is 8.75. The van der Waals surface area contributed by atoms with Crippen LogP contribution in [0.15, 0.2) is 85.3 Å². The van der Waals surface area contributed by atoms with Crippen molar-refractivity contribution in [3.05, 3.63) is 90.9 Å². The van der Waals surface area contributed by atoms with Crippen LogP contribution in [0.1, 0.15) is 10.4 Å². The molecule has 4 rings (SSSR count). The Morgan fingerprint density at radius 2 is 1.79 bits per heavy atom. The lowest BCUT2D eigenvalue weighted by molar-refractivity contribution is 0.102. The molecule has 138 valence electrons. The maximum absolute atomic E-state index is 13.0. The number of methoxy groups -OCH3 is 1. The molecule has 1 N–H and O–H groups in total. The third-order valence-electron chi connectivity index (χ3n) is 4.26. The number of benzene rings is 2. The molecule has 6 nitrogen and oxygen atoms in total. The Hall–Kier alpha value is -3.93. The summed E-state index contributed by atoms with van der Waals surface area (Å²) in [5, 5.41) is 7.54. The number of rotatable bonds is 5. The van der Waals surface area contributed by atoms with Crippen molar-refractivity contribution < 1.29 is 9.53 Å². The summed E-state index contributed by atoms with van der Waals surface area (Å²) >= 11 is 0. The van der Waals surface area contributed by atoms with Gasteiger partial charge in [-0.15, -0.1) is 0 Å². The summed E-state index contributed by atoms with van der Waals surface area (Å²) in [7, 11) is 1.62. The van der Waals surface area contributed by atoms with E-state index in [0.29, 0.717) is 16.9 Å². The number of hydrogen-bond donors (Lipinski definition) is 1. The van der Waals surface area contributed by atoms with Gasteiger partial charge in [0.1, 0.15) is 11.4 Å². The third kappa shape index (κ3) is 3.61. The molecule has 28 heavy (non-hydrogen) atoms. The number of para-hydroxylation sites is 1. The number of aromatic nitrogens is 3. The van der Waals surface area contributed by atoms with E-state index in [4.69, 9.17) is 4.74 Å². The number of nitrogens with zero attached hydrogens (tertiary/aromatic N) is 3. The second-order valence-corrected chi connectivity index (χ2v) is 6.10. The fraction of sp³-hybridized carbons (Fsp3) is 0.0455. The highest BCUT2D eigenvalue weighted by Crippen LogP contribution is 2.26. The molecule has 0 radical (unpaired) electrons. The second kappa shape index (κ2) is 7.75. The SMILES string of the molecule is COc1ccc(-c2nn(-c3ccccc3)cc2C(=O)Nc2cccnc2)cc1. The van der Waals surface area contributed by atoms with E-state index in [2.05, 4.69) is 15.4 Å². The molecule has 2 heterocycles. The molecule has 0 bridgehead atoms. The second-order valence-electron chi connectivity index (χ2n) is 6.10.